The standard InChI is InChI=1S/C28H34INO5/c1-6-19(5)34-25(31)17-24-26(21-11-9-10-12-23(21)35-24)27(32)20-15-18(4)28(22(29)16-20)33-14-13-30(7-2)8-3/h9-12,15-16,19H,6-8,13-14,17H2,1-5H3/t19-/m0/s1. The molecule has 2 aromatic carbocycles. The van der Waals surface area contributed by atoms with Gasteiger partial charge in [-0.25, -0.2) is 0 Å². The van der Waals surface area contributed by atoms with Gasteiger partial charge in [0.05, 0.1) is 15.2 Å². The van der Waals surface area contributed by atoms with Gasteiger partial charge in [-0.1, -0.05) is 39.0 Å². The fraction of sp³-hybridized carbons (Fsp3) is 0.429. The summed E-state index contributed by atoms with van der Waals surface area (Å²) < 4.78 is 18.3. The molecule has 3 aromatic rings. The largest absolute Gasteiger partial charge is 0.491 e. The third kappa shape index (κ3) is 6.64. The number of carbonyl (C=O) groups excluding carboxylic acids is 2. The van der Waals surface area contributed by atoms with E-state index in [9.17, 15) is 9.59 Å². The highest BCUT2D eigenvalue weighted by molar-refractivity contribution is 14.1. The number of likely N-dealkylation sites (N-methyl/N-ethyl adjacent to an activating group) is 1. The summed E-state index contributed by atoms with van der Waals surface area (Å²) in [5.74, 6) is 0.535. The van der Waals surface area contributed by atoms with E-state index in [0.29, 0.717) is 34.5 Å². The second kappa shape index (κ2) is 12.5. The van der Waals surface area contributed by atoms with Gasteiger partial charge in [0, 0.05) is 17.5 Å². The predicted octanol–water partition coefficient (Wildman–Crippen LogP) is 6.18. The number of fused-ring (bicyclic) bond motifs is 1. The predicted molar refractivity (Wildman–Crippen MR) is 146 cm³/mol. The minimum Gasteiger partial charge on any atom is -0.491 e. The SMILES string of the molecule is CC[C@H](C)OC(=O)Cc1oc2ccccc2c1C(=O)c1cc(C)c(OCCN(CC)CC)c(I)c1. The lowest BCUT2D eigenvalue weighted by atomic mass is 9.97. The molecule has 0 bridgehead atoms. The highest BCUT2D eigenvalue weighted by Crippen LogP contribution is 2.32. The highest BCUT2D eigenvalue weighted by Gasteiger charge is 2.25. The van der Waals surface area contributed by atoms with Gasteiger partial charge in [-0.05, 0) is 79.7 Å². The van der Waals surface area contributed by atoms with Crippen molar-refractivity contribution in [2.45, 2.75) is 53.6 Å². The van der Waals surface area contributed by atoms with E-state index in [1.54, 1.807) is 6.07 Å². The summed E-state index contributed by atoms with van der Waals surface area (Å²) in [5.41, 5.74) is 2.41. The minimum absolute atomic E-state index is 0.0945. The normalized spacial score (nSPS) is 12.2. The van der Waals surface area contributed by atoms with E-state index in [2.05, 4.69) is 41.3 Å². The molecule has 0 spiro atoms. The first kappa shape index (κ1) is 27.2. The number of aryl methyl sites for hydroxylation is 1. The van der Waals surface area contributed by atoms with Crippen LogP contribution in [0.25, 0.3) is 11.0 Å². The molecule has 0 saturated carbocycles. The Kier molecular flexibility index (Phi) is 9.74. The number of nitrogens with zero attached hydrogens (tertiary/aromatic N) is 1. The Morgan fingerprint density at radius 1 is 1.11 bits per heavy atom. The highest BCUT2D eigenvalue weighted by atomic mass is 127. The van der Waals surface area contributed by atoms with Crippen molar-refractivity contribution in [2.24, 2.45) is 0 Å². The summed E-state index contributed by atoms with van der Waals surface area (Å²) in [4.78, 5) is 28.5. The molecule has 3 rings (SSSR count). The fourth-order valence-electron chi connectivity index (χ4n) is 3.96. The van der Waals surface area contributed by atoms with Crippen LogP contribution in [0.5, 0.6) is 5.75 Å². The number of hydrogen-bond donors (Lipinski definition) is 0. The van der Waals surface area contributed by atoms with Crippen molar-refractivity contribution < 1.29 is 23.5 Å². The van der Waals surface area contributed by atoms with E-state index in [1.165, 1.54) is 0 Å². The third-order valence-electron chi connectivity index (χ3n) is 6.15. The first-order valence-electron chi connectivity index (χ1n) is 12.2. The number of esters is 1. The van der Waals surface area contributed by atoms with Gasteiger partial charge in [0.25, 0.3) is 0 Å². The zero-order valence-electron chi connectivity index (χ0n) is 21.2. The monoisotopic (exact) mass is 591 g/mol. The van der Waals surface area contributed by atoms with E-state index in [4.69, 9.17) is 13.9 Å². The second-order valence-corrected chi connectivity index (χ2v) is 9.75. The van der Waals surface area contributed by atoms with Crippen LogP contribution in [0.3, 0.4) is 0 Å². The maximum absolute atomic E-state index is 13.7. The van der Waals surface area contributed by atoms with Crippen LogP contribution >= 0.6 is 22.6 Å². The Hall–Kier alpha value is -2.39. The zero-order chi connectivity index (χ0) is 25.5. The summed E-state index contributed by atoms with van der Waals surface area (Å²) in [6, 6.07) is 11.0. The third-order valence-corrected chi connectivity index (χ3v) is 6.95. The van der Waals surface area contributed by atoms with Crippen molar-refractivity contribution in [1.82, 2.24) is 4.90 Å². The molecule has 35 heavy (non-hydrogen) atoms. The van der Waals surface area contributed by atoms with Crippen LogP contribution in [0.15, 0.2) is 40.8 Å². The van der Waals surface area contributed by atoms with Crippen LogP contribution in [-0.4, -0.2) is 49.0 Å². The van der Waals surface area contributed by atoms with Crippen molar-refractivity contribution >= 4 is 45.3 Å². The molecule has 1 aromatic heterocycles. The Balaban J connectivity index is 1.90. The second-order valence-electron chi connectivity index (χ2n) is 8.59. The Morgan fingerprint density at radius 2 is 1.83 bits per heavy atom. The van der Waals surface area contributed by atoms with Crippen molar-refractivity contribution in [1.29, 1.82) is 0 Å². The molecule has 0 amide bonds. The van der Waals surface area contributed by atoms with Gasteiger partial charge in [-0.15, -0.1) is 0 Å². The molecule has 188 valence electrons. The molecular formula is C28H34INO5. The fourth-order valence-corrected chi connectivity index (χ4v) is 4.87. The van der Waals surface area contributed by atoms with Gasteiger partial charge < -0.3 is 18.8 Å². The molecule has 0 N–H and O–H groups in total. The number of hydrogen-bond acceptors (Lipinski definition) is 6. The lowest BCUT2D eigenvalue weighted by Gasteiger charge is -2.19. The number of ketones is 1. The van der Waals surface area contributed by atoms with Gasteiger partial charge in [-0.2, -0.15) is 0 Å². The van der Waals surface area contributed by atoms with Crippen LogP contribution in [0.4, 0.5) is 0 Å². The lowest BCUT2D eigenvalue weighted by molar-refractivity contribution is -0.147. The summed E-state index contributed by atoms with van der Waals surface area (Å²) >= 11 is 2.21. The van der Waals surface area contributed by atoms with Crippen LogP contribution < -0.4 is 4.74 Å². The van der Waals surface area contributed by atoms with Crippen LogP contribution in [0.1, 0.15) is 61.4 Å². The smallest absolute Gasteiger partial charge is 0.313 e. The average molecular weight is 591 g/mol. The number of benzene rings is 2. The molecular weight excluding hydrogens is 557 g/mol. The lowest BCUT2D eigenvalue weighted by Crippen LogP contribution is -2.28. The van der Waals surface area contributed by atoms with Crippen LogP contribution in [-0.2, 0) is 16.0 Å². The first-order chi connectivity index (χ1) is 16.8. The molecule has 0 radical (unpaired) electrons. The van der Waals surface area contributed by atoms with Gasteiger partial charge in [0.1, 0.15) is 30.1 Å². The summed E-state index contributed by atoms with van der Waals surface area (Å²) in [5, 5.41) is 0.691. The van der Waals surface area contributed by atoms with E-state index < -0.39 is 5.97 Å². The molecule has 0 aliphatic heterocycles. The molecule has 1 atom stereocenters. The molecule has 0 aliphatic rings. The van der Waals surface area contributed by atoms with E-state index >= 15 is 0 Å². The molecule has 6 nitrogen and oxygen atoms in total. The maximum atomic E-state index is 13.7. The summed E-state index contributed by atoms with van der Waals surface area (Å²) in [6.07, 6.45) is 0.436. The minimum atomic E-state index is -0.407. The number of para-hydroxylation sites is 1. The van der Waals surface area contributed by atoms with Crippen molar-refractivity contribution in [3.05, 3.63) is 62.4 Å². The van der Waals surface area contributed by atoms with Crippen molar-refractivity contribution in [3.63, 3.8) is 0 Å². The van der Waals surface area contributed by atoms with Crippen LogP contribution in [0, 0.1) is 10.5 Å². The molecule has 1 heterocycles. The number of ether oxygens (including phenoxy) is 2. The van der Waals surface area contributed by atoms with Gasteiger partial charge >= 0.3 is 5.97 Å². The molecule has 0 fully saturated rings. The van der Waals surface area contributed by atoms with Gasteiger partial charge in [0.15, 0.2) is 5.78 Å². The quantitative estimate of drug-likeness (QED) is 0.142. The molecule has 7 heteroatoms. The summed E-state index contributed by atoms with van der Waals surface area (Å²) in [7, 11) is 0. The van der Waals surface area contributed by atoms with Crippen LogP contribution in [0.2, 0.25) is 0 Å². The van der Waals surface area contributed by atoms with E-state index in [1.807, 2.05) is 51.1 Å². The molecule has 0 saturated heterocycles. The maximum Gasteiger partial charge on any atom is 0.313 e. The number of rotatable bonds is 12. The zero-order valence-corrected chi connectivity index (χ0v) is 23.3. The first-order valence-corrected chi connectivity index (χ1v) is 13.3. The number of halogens is 1. The molecule has 0 unspecified atom stereocenters. The Labute approximate surface area is 221 Å². The number of carbonyl (C=O) groups is 2. The van der Waals surface area contributed by atoms with Gasteiger partial charge in [-0.3, -0.25) is 9.59 Å². The number of furan rings is 1. The average Bonchev–Trinajstić information content (AvgIpc) is 3.19. The summed E-state index contributed by atoms with van der Waals surface area (Å²) in [6.45, 7) is 13.4. The Morgan fingerprint density at radius 3 is 2.49 bits per heavy atom. The van der Waals surface area contributed by atoms with E-state index in [-0.39, 0.29) is 18.3 Å². The van der Waals surface area contributed by atoms with Gasteiger partial charge in [0.2, 0.25) is 0 Å². The van der Waals surface area contributed by atoms with E-state index in [0.717, 1.165) is 40.9 Å². The topological polar surface area (TPSA) is 69.0 Å². The van der Waals surface area contributed by atoms with Crippen molar-refractivity contribution in [3.8, 4) is 5.75 Å². The van der Waals surface area contributed by atoms with Crippen molar-refractivity contribution in [2.75, 3.05) is 26.2 Å². The Bertz CT molecular complexity index is 1160. The molecule has 0 aliphatic carbocycles.